The molecule has 1 atom stereocenters. The SMILES string of the molecule is CC(C(=O)O)c1cc(Br)ccc1OCC1CCC1. The van der Waals surface area contributed by atoms with Crippen LogP contribution in [0.25, 0.3) is 0 Å². The molecule has 1 unspecified atom stereocenters. The zero-order chi connectivity index (χ0) is 13.1. The molecule has 0 aromatic heterocycles. The molecule has 3 nitrogen and oxygen atoms in total. The highest BCUT2D eigenvalue weighted by molar-refractivity contribution is 9.10. The van der Waals surface area contributed by atoms with E-state index in [1.165, 1.54) is 19.3 Å². The van der Waals surface area contributed by atoms with Gasteiger partial charge in [0.25, 0.3) is 0 Å². The third kappa shape index (κ3) is 3.05. The topological polar surface area (TPSA) is 46.5 Å². The first-order valence-electron chi connectivity index (χ1n) is 6.23. The highest BCUT2D eigenvalue weighted by Gasteiger charge is 2.21. The Balaban J connectivity index is 2.13. The molecule has 1 aromatic carbocycles. The summed E-state index contributed by atoms with van der Waals surface area (Å²) in [6.07, 6.45) is 3.73. The highest BCUT2D eigenvalue weighted by atomic mass is 79.9. The Morgan fingerprint density at radius 2 is 2.28 bits per heavy atom. The van der Waals surface area contributed by atoms with Crippen LogP contribution in [0.5, 0.6) is 5.75 Å². The molecule has 0 spiro atoms. The van der Waals surface area contributed by atoms with Crippen molar-refractivity contribution in [3.8, 4) is 5.75 Å². The third-order valence-electron chi connectivity index (χ3n) is 3.51. The Hall–Kier alpha value is -1.03. The fourth-order valence-electron chi connectivity index (χ4n) is 1.99. The van der Waals surface area contributed by atoms with Crippen molar-refractivity contribution in [1.29, 1.82) is 0 Å². The maximum atomic E-state index is 11.1. The van der Waals surface area contributed by atoms with Crippen molar-refractivity contribution in [1.82, 2.24) is 0 Å². The molecule has 1 saturated carbocycles. The fourth-order valence-corrected chi connectivity index (χ4v) is 2.37. The Bertz CT molecular complexity index is 441. The van der Waals surface area contributed by atoms with Gasteiger partial charge in [0.05, 0.1) is 12.5 Å². The molecular formula is C14H17BrO3. The van der Waals surface area contributed by atoms with Crippen LogP contribution in [-0.2, 0) is 4.79 Å². The van der Waals surface area contributed by atoms with Gasteiger partial charge in [0.2, 0.25) is 0 Å². The smallest absolute Gasteiger partial charge is 0.310 e. The van der Waals surface area contributed by atoms with Gasteiger partial charge >= 0.3 is 5.97 Å². The van der Waals surface area contributed by atoms with Gasteiger partial charge in [-0.2, -0.15) is 0 Å². The third-order valence-corrected chi connectivity index (χ3v) is 4.00. The molecule has 0 heterocycles. The van der Waals surface area contributed by atoms with E-state index < -0.39 is 11.9 Å². The number of carbonyl (C=O) groups is 1. The number of hydrogen-bond acceptors (Lipinski definition) is 2. The summed E-state index contributed by atoms with van der Waals surface area (Å²) in [6, 6.07) is 5.56. The van der Waals surface area contributed by atoms with Gasteiger partial charge in [-0.1, -0.05) is 22.4 Å². The van der Waals surface area contributed by atoms with Gasteiger partial charge < -0.3 is 9.84 Å². The largest absolute Gasteiger partial charge is 0.493 e. The minimum Gasteiger partial charge on any atom is -0.493 e. The molecule has 4 heteroatoms. The molecule has 0 radical (unpaired) electrons. The number of carboxylic acids is 1. The molecule has 0 amide bonds. The van der Waals surface area contributed by atoms with Crippen molar-refractivity contribution in [3.63, 3.8) is 0 Å². The Labute approximate surface area is 115 Å². The average molecular weight is 313 g/mol. The van der Waals surface area contributed by atoms with Crippen LogP contribution in [0.2, 0.25) is 0 Å². The van der Waals surface area contributed by atoms with E-state index in [2.05, 4.69) is 15.9 Å². The molecule has 1 fully saturated rings. The second kappa shape index (κ2) is 5.74. The van der Waals surface area contributed by atoms with Crippen LogP contribution in [0, 0.1) is 5.92 Å². The van der Waals surface area contributed by atoms with Gasteiger partial charge in [-0.25, -0.2) is 0 Å². The van der Waals surface area contributed by atoms with E-state index >= 15 is 0 Å². The van der Waals surface area contributed by atoms with Crippen molar-refractivity contribution >= 4 is 21.9 Å². The normalized spacial score (nSPS) is 17.0. The van der Waals surface area contributed by atoms with Crippen LogP contribution in [0.4, 0.5) is 0 Å². The number of hydrogen-bond donors (Lipinski definition) is 1. The molecule has 1 N–H and O–H groups in total. The minimum absolute atomic E-state index is 0.557. The minimum atomic E-state index is -0.832. The second-order valence-corrected chi connectivity index (χ2v) is 5.77. The zero-order valence-electron chi connectivity index (χ0n) is 10.4. The molecule has 0 saturated heterocycles. The van der Waals surface area contributed by atoms with Gasteiger partial charge in [0, 0.05) is 10.0 Å². The summed E-state index contributed by atoms with van der Waals surface area (Å²) >= 11 is 3.37. The highest BCUT2D eigenvalue weighted by Crippen LogP contribution is 2.32. The van der Waals surface area contributed by atoms with E-state index in [1.54, 1.807) is 6.92 Å². The van der Waals surface area contributed by atoms with Gasteiger partial charge in [0.15, 0.2) is 0 Å². The molecule has 1 aliphatic rings. The Morgan fingerprint density at radius 1 is 1.56 bits per heavy atom. The van der Waals surface area contributed by atoms with E-state index in [4.69, 9.17) is 9.84 Å². The van der Waals surface area contributed by atoms with E-state index in [9.17, 15) is 4.79 Å². The molecule has 1 aromatic rings. The molecule has 0 bridgehead atoms. The van der Waals surface area contributed by atoms with E-state index in [-0.39, 0.29) is 0 Å². The van der Waals surface area contributed by atoms with Crippen LogP contribution in [0.15, 0.2) is 22.7 Å². The Kier molecular flexibility index (Phi) is 4.27. The molecule has 18 heavy (non-hydrogen) atoms. The number of ether oxygens (including phenoxy) is 1. The molecule has 0 aliphatic heterocycles. The standard InChI is InChI=1S/C14H17BrO3/c1-9(14(16)17)12-7-11(15)5-6-13(12)18-8-10-3-2-4-10/h5-7,9-10H,2-4,8H2,1H3,(H,16,17). The lowest BCUT2D eigenvalue weighted by Crippen LogP contribution is -2.20. The zero-order valence-corrected chi connectivity index (χ0v) is 11.9. The maximum absolute atomic E-state index is 11.1. The first-order chi connectivity index (χ1) is 8.58. The van der Waals surface area contributed by atoms with Crippen molar-refractivity contribution < 1.29 is 14.6 Å². The molecular weight excluding hydrogens is 296 g/mol. The monoisotopic (exact) mass is 312 g/mol. The van der Waals surface area contributed by atoms with Crippen molar-refractivity contribution in [2.45, 2.75) is 32.1 Å². The predicted octanol–water partition coefficient (Wildman–Crippen LogP) is 3.82. The lowest BCUT2D eigenvalue weighted by Gasteiger charge is -2.26. The summed E-state index contributed by atoms with van der Waals surface area (Å²) < 4.78 is 6.66. The summed E-state index contributed by atoms with van der Waals surface area (Å²) in [4.78, 5) is 11.1. The summed E-state index contributed by atoms with van der Waals surface area (Å²) in [7, 11) is 0. The lowest BCUT2D eigenvalue weighted by atomic mass is 9.86. The molecule has 98 valence electrons. The van der Waals surface area contributed by atoms with Crippen LogP contribution in [0.1, 0.15) is 37.7 Å². The van der Waals surface area contributed by atoms with Gasteiger partial charge in [-0.3, -0.25) is 4.79 Å². The van der Waals surface area contributed by atoms with Crippen LogP contribution < -0.4 is 4.74 Å². The number of carboxylic acid groups (broad SMARTS) is 1. The van der Waals surface area contributed by atoms with Crippen molar-refractivity contribution in [2.24, 2.45) is 5.92 Å². The summed E-state index contributed by atoms with van der Waals surface area (Å²) in [5, 5.41) is 9.11. The van der Waals surface area contributed by atoms with Gasteiger partial charge in [-0.15, -0.1) is 0 Å². The lowest BCUT2D eigenvalue weighted by molar-refractivity contribution is -0.138. The van der Waals surface area contributed by atoms with Crippen LogP contribution >= 0.6 is 15.9 Å². The second-order valence-electron chi connectivity index (χ2n) is 4.85. The average Bonchev–Trinajstić information content (AvgIpc) is 2.27. The number of rotatable bonds is 5. The van der Waals surface area contributed by atoms with Crippen molar-refractivity contribution in [2.75, 3.05) is 6.61 Å². The van der Waals surface area contributed by atoms with E-state index in [1.807, 2.05) is 18.2 Å². The van der Waals surface area contributed by atoms with Crippen LogP contribution in [-0.4, -0.2) is 17.7 Å². The van der Waals surface area contributed by atoms with Crippen molar-refractivity contribution in [3.05, 3.63) is 28.2 Å². The number of benzene rings is 1. The van der Waals surface area contributed by atoms with Gasteiger partial charge in [0.1, 0.15) is 5.75 Å². The first kappa shape index (κ1) is 13.4. The van der Waals surface area contributed by atoms with Gasteiger partial charge in [-0.05, 0) is 43.9 Å². The molecule has 2 rings (SSSR count). The summed E-state index contributed by atoms with van der Waals surface area (Å²) in [5.74, 6) is -0.0536. The quantitative estimate of drug-likeness (QED) is 0.899. The number of halogens is 1. The van der Waals surface area contributed by atoms with E-state index in [0.29, 0.717) is 18.3 Å². The molecule has 1 aliphatic carbocycles. The fraction of sp³-hybridized carbons (Fsp3) is 0.500. The predicted molar refractivity (Wildman–Crippen MR) is 73.0 cm³/mol. The number of aliphatic carboxylic acids is 1. The Morgan fingerprint density at radius 3 is 2.83 bits per heavy atom. The summed E-state index contributed by atoms with van der Waals surface area (Å²) in [5.41, 5.74) is 0.733. The maximum Gasteiger partial charge on any atom is 0.310 e. The van der Waals surface area contributed by atoms with Crippen LogP contribution in [0.3, 0.4) is 0 Å². The first-order valence-corrected chi connectivity index (χ1v) is 7.02. The summed E-state index contributed by atoms with van der Waals surface area (Å²) in [6.45, 7) is 2.38. The van der Waals surface area contributed by atoms with E-state index in [0.717, 1.165) is 10.0 Å².